The number of imidazole rings is 1. The number of benzene rings is 2. The highest BCUT2D eigenvalue weighted by Gasteiger charge is 2.18. The summed E-state index contributed by atoms with van der Waals surface area (Å²) < 4.78 is 14.9. The molecule has 1 aromatic heterocycles. The molecule has 0 radical (unpaired) electrons. The lowest BCUT2D eigenvalue weighted by atomic mass is 10.1. The van der Waals surface area contributed by atoms with Gasteiger partial charge in [-0.2, -0.15) is 0 Å². The van der Waals surface area contributed by atoms with Crippen LogP contribution in [0.25, 0.3) is 5.69 Å². The van der Waals surface area contributed by atoms with E-state index in [-0.39, 0.29) is 24.0 Å². The number of aromatic nitrogens is 2. The molecular weight excluding hydrogens is 403 g/mol. The fraction of sp³-hybridized carbons (Fsp3) is 0.227. The number of halogens is 1. The molecule has 8 heteroatoms. The van der Waals surface area contributed by atoms with Crippen molar-refractivity contribution in [2.75, 3.05) is 18.1 Å². The molecule has 0 unspecified atom stereocenters. The van der Waals surface area contributed by atoms with E-state index in [9.17, 15) is 14.0 Å². The van der Waals surface area contributed by atoms with E-state index in [1.807, 2.05) is 39.2 Å². The number of aryl methyl sites for hydroxylation is 3. The van der Waals surface area contributed by atoms with Gasteiger partial charge >= 0.3 is 0 Å². The fourth-order valence-electron chi connectivity index (χ4n) is 3.29. The zero-order valence-electron chi connectivity index (χ0n) is 17.2. The van der Waals surface area contributed by atoms with Crippen LogP contribution in [-0.4, -0.2) is 34.2 Å². The first kappa shape index (κ1) is 21.6. The third-order valence-electron chi connectivity index (χ3n) is 4.58. The normalized spacial score (nSPS) is 10.7. The smallest absolute Gasteiger partial charge is 0.270 e. The van der Waals surface area contributed by atoms with Crippen molar-refractivity contribution in [3.05, 3.63) is 70.8 Å². The zero-order chi connectivity index (χ0) is 21.8. The van der Waals surface area contributed by atoms with Crippen LogP contribution < -0.4 is 10.6 Å². The molecule has 0 saturated heterocycles. The van der Waals surface area contributed by atoms with Crippen LogP contribution in [-0.2, 0) is 4.79 Å². The number of carbonyl (C=O) groups is 2. The van der Waals surface area contributed by atoms with Gasteiger partial charge in [-0.1, -0.05) is 29.5 Å². The van der Waals surface area contributed by atoms with Crippen molar-refractivity contribution in [2.45, 2.75) is 25.9 Å². The largest absolute Gasteiger partial charge is 0.342 e. The Kier molecular flexibility index (Phi) is 6.56. The number of hydrogen-bond donors (Lipinski definition) is 2. The summed E-state index contributed by atoms with van der Waals surface area (Å²) in [6.45, 7) is 5.67. The van der Waals surface area contributed by atoms with E-state index in [2.05, 4.69) is 15.6 Å². The first-order chi connectivity index (χ1) is 14.3. The van der Waals surface area contributed by atoms with Crippen molar-refractivity contribution in [3.63, 3.8) is 0 Å². The maximum atomic E-state index is 13.3. The van der Waals surface area contributed by atoms with E-state index < -0.39 is 5.91 Å². The van der Waals surface area contributed by atoms with Crippen molar-refractivity contribution < 1.29 is 14.0 Å². The van der Waals surface area contributed by atoms with Crippen molar-refractivity contribution in [1.82, 2.24) is 14.9 Å². The second kappa shape index (κ2) is 9.13. The molecule has 0 spiro atoms. The molecule has 0 atom stereocenters. The minimum Gasteiger partial charge on any atom is -0.342 e. The van der Waals surface area contributed by atoms with Crippen LogP contribution in [0.4, 0.5) is 10.1 Å². The number of anilines is 1. The second-order valence-corrected chi connectivity index (χ2v) is 7.72. The van der Waals surface area contributed by atoms with E-state index >= 15 is 0 Å². The van der Waals surface area contributed by atoms with Crippen LogP contribution in [0.1, 0.15) is 27.2 Å². The topological polar surface area (TPSA) is 76.0 Å². The number of nitrogens with one attached hydrogen (secondary N) is 2. The average Bonchev–Trinajstić information content (AvgIpc) is 3.13. The summed E-state index contributed by atoms with van der Waals surface area (Å²) in [7, 11) is 0. The number of carbonyl (C=O) groups excluding carboxylic acids is 2. The van der Waals surface area contributed by atoms with Crippen LogP contribution in [0.2, 0.25) is 0 Å². The average molecular weight is 427 g/mol. The van der Waals surface area contributed by atoms with E-state index in [1.165, 1.54) is 30.1 Å². The third-order valence-corrected chi connectivity index (χ3v) is 5.23. The quantitative estimate of drug-likeness (QED) is 0.584. The second-order valence-electron chi connectivity index (χ2n) is 6.95. The zero-order valence-corrected chi connectivity index (χ0v) is 18.1. The van der Waals surface area contributed by atoms with Crippen LogP contribution in [0.15, 0.2) is 47.8 Å². The number of hydrogen-bond acceptors (Lipinski definition) is 4. The van der Waals surface area contributed by atoms with Crippen molar-refractivity contribution in [3.8, 4) is 5.69 Å². The van der Waals surface area contributed by atoms with Gasteiger partial charge < -0.3 is 10.6 Å². The Hall–Kier alpha value is -3.13. The molecule has 2 aromatic carbocycles. The number of nitrogens with zero attached hydrogens (tertiary/aromatic N) is 2. The molecule has 0 aliphatic carbocycles. The first-order valence-corrected chi connectivity index (χ1v) is 10.6. The number of rotatable bonds is 6. The van der Waals surface area contributed by atoms with E-state index in [1.54, 1.807) is 16.7 Å². The number of amides is 2. The summed E-state index contributed by atoms with van der Waals surface area (Å²) in [5.41, 5.74) is 4.67. The summed E-state index contributed by atoms with van der Waals surface area (Å²) in [5.74, 6) is -1.13. The molecule has 0 aliphatic heterocycles. The highest BCUT2D eigenvalue weighted by atomic mass is 32.2. The Morgan fingerprint density at radius 3 is 2.33 bits per heavy atom. The first-order valence-electron chi connectivity index (χ1n) is 9.33. The van der Waals surface area contributed by atoms with Gasteiger partial charge in [-0.05, 0) is 62.4 Å². The Morgan fingerprint density at radius 1 is 1.10 bits per heavy atom. The minimum atomic E-state index is -0.445. The number of thioether (sulfide) groups is 1. The predicted octanol–water partition coefficient (Wildman–Crippen LogP) is 4.03. The van der Waals surface area contributed by atoms with E-state index in [0.717, 1.165) is 22.4 Å². The van der Waals surface area contributed by atoms with Gasteiger partial charge in [0.2, 0.25) is 5.91 Å². The molecule has 30 heavy (non-hydrogen) atoms. The maximum absolute atomic E-state index is 13.3. The van der Waals surface area contributed by atoms with E-state index in [4.69, 9.17) is 0 Å². The van der Waals surface area contributed by atoms with Crippen LogP contribution >= 0.6 is 11.8 Å². The minimum absolute atomic E-state index is 0.186. The molecule has 0 fully saturated rings. The third kappa shape index (κ3) is 4.71. The SMILES string of the molecule is CSc1ncc(C(=O)NCC(=O)Nc2c(C)cc(C)cc2C)n1-c1ccc(F)cc1. The van der Waals surface area contributed by atoms with Crippen LogP contribution in [0.5, 0.6) is 0 Å². The standard InChI is InChI=1S/C22H23FN4O2S/c1-13-9-14(2)20(15(3)10-13)26-19(28)12-24-21(29)18-11-25-22(30-4)27(18)17-7-5-16(23)6-8-17/h5-11H,12H2,1-4H3,(H,24,29)(H,26,28). The summed E-state index contributed by atoms with van der Waals surface area (Å²) in [5, 5.41) is 6.08. The molecule has 0 bridgehead atoms. The van der Waals surface area contributed by atoms with Crippen molar-refractivity contribution in [2.24, 2.45) is 0 Å². The predicted molar refractivity (Wildman–Crippen MR) is 117 cm³/mol. The molecule has 6 nitrogen and oxygen atoms in total. The van der Waals surface area contributed by atoms with Gasteiger partial charge in [0.15, 0.2) is 5.16 Å². The Balaban J connectivity index is 1.73. The Morgan fingerprint density at radius 2 is 1.73 bits per heavy atom. The molecule has 3 aromatic rings. The van der Waals surface area contributed by atoms with Gasteiger partial charge in [0, 0.05) is 11.4 Å². The van der Waals surface area contributed by atoms with Crippen LogP contribution in [0.3, 0.4) is 0 Å². The maximum Gasteiger partial charge on any atom is 0.270 e. The lowest BCUT2D eigenvalue weighted by Gasteiger charge is -2.14. The summed E-state index contributed by atoms with van der Waals surface area (Å²) in [6, 6.07) is 9.77. The summed E-state index contributed by atoms with van der Waals surface area (Å²) >= 11 is 1.36. The molecule has 3 rings (SSSR count). The highest BCUT2D eigenvalue weighted by Crippen LogP contribution is 2.23. The molecule has 2 N–H and O–H groups in total. The van der Waals surface area contributed by atoms with Gasteiger partial charge in [-0.25, -0.2) is 9.37 Å². The molecule has 0 aliphatic rings. The monoisotopic (exact) mass is 426 g/mol. The van der Waals surface area contributed by atoms with Gasteiger partial charge in [0.05, 0.1) is 12.7 Å². The molecular formula is C22H23FN4O2S. The Bertz CT molecular complexity index is 1070. The Labute approximate surface area is 178 Å². The van der Waals surface area contributed by atoms with E-state index in [0.29, 0.717) is 10.8 Å². The lowest BCUT2D eigenvalue weighted by Crippen LogP contribution is -2.34. The highest BCUT2D eigenvalue weighted by molar-refractivity contribution is 7.98. The molecule has 156 valence electrons. The molecule has 1 heterocycles. The molecule has 2 amide bonds. The summed E-state index contributed by atoms with van der Waals surface area (Å²) in [4.78, 5) is 29.4. The summed E-state index contributed by atoms with van der Waals surface area (Å²) in [6.07, 6.45) is 3.28. The lowest BCUT2D eigenvalue weighted by molar-refractivity contribution is -0.115. The van der Waals surface area contributed by atoms with Crippen LogP contribution in [0, 0.1) is 26.6 Å². The van der Waals surface area contributed by atoms with Gasteiger partial charge in [-0.15, -0.1) is 0 Å². The van der Waals surface area contributed by atoms with Gasteiger partial charge in [-0.3, -0.25) is 14.2 Å². The van der Waals surface area contributed by atoms with Gasteiger partial charge in [0.25, 0.3) is 5.91 Å². The van der Waals surface area contributed by atoms with Crippen molar-refractivity contribution in [1.29, 1.82) is 0 Å². The van der Waals surface area contributed by atoms with Gasteiger partial charge in [0.1, 0.15) is 11.5 Å². The fourth-order valence-corrected chi connectivity index (χ4v) is 3.84. The van der Waals surface area contributed by atoms with Crippen molar-refractivity contribution >= 4 is 29.3 Å². The molecule has 0 saturated carbocycles.